The summed E-state index contributed by atoms with van der Waals surface area (Å²) in [5, 5.41) is 0.325. The predicted octanol–water partition coefficient (Wildman–Crippen LogP) is 3.90. The highest BCUT2D eigenvalue weighted by Crippen LogP contribution is 2.24. The average Bonchev–Trinajstić information content (AvgIpc) is 2.64. The molecule has 0 bridgehead atoms. The summed E-state index contributed by atoms with van der Waals surface area (Å²) in [6.45, 7) is 3.67. The summed E-state index contributed by atoms with van der Waals surface area (Å²) in [7, 11) is 0. The van der Waals surface area contributed by atoms with Gasteiger partial charge < -0.3 is 19.6 Å². The molecule has 0 fully saturated rings. The number of fused-ring (bicyclic) bond motifs is 1. The van der Waals surface area contributed by atoms with Gasteiger partial charge in [-0.25, -0.2) is 4.79 Å². The van der Waals surface area contributed by atoms with Crippen LogP contribution in [0.2, 0.25) is 0 Å². The summed E-state index contributed by atoms with van der Waals surface area (Å²) >= 11 is 0. The number of rotatable bonds is 5. The van der Waals surface area contributed by atoms with Gasteiger partial charge in [-0.15, -0.1) is 12.4 Å². The maximum Gasteiger partial charge on any atom is 0.328 e. The Morgan fingerprint density at radius 2 is 1.78 bits per heavy atom. The molecule has 0 saturated carbocycles. The molecule has 0 unspecified atom stereocenters. The van der Waals surface area contributed by atoms with Gasteiger partial charge in [0, 0.05) is 6.07 Å². The second-order valence-corrected chi connectivity index (χ2v) is 6.19. The second-order valence-electron chi connectivity index (χ2n) is 6.19. The van der Waals surface area contributed by atoms with Gasteiger partial charge in [-0.2, -0.15) is 0 Å². The highest BCUT2D eigenvalue weighted by atomic mass is 35.5. The van der Waals surface area contributed by atoms with Crippen LogP contribution < -0.4 is 20.6 Å². The Kier molecular flexibility index (Phi) is 6.60. The van der Waals surface area contributed by atoms with Crippen molar-refractivity contribution in [1.29, 1.82) is 0 Å². The van der Waals surface area contributed by atoms with Crippen LogP contribution in [0.25, 0.3) is 11.0 Å². The second kappa shape index (κ2) is 8.70. The highest BCUT2D eigenvalue weighted by molar-refractivity contribution is 5.85. The number of halogens is 1. The molecule has 6 nitrogen and oxygen atoms in total. The van der Waals surface area contributed by atoms with Crippen LogP contribution in [0.3, 0.4) is 0 Å². The molecule has 0 radical (unpaired) electrons. The Hall–Kier alpha value is -2.83. The predicted molar refractivity (Wildman–Crippen MR) is 105 cm³/mol. The number of carbonyl (C=O) groups excluding carboxylic acids is 1. The van der Waals surface area contributed by atoms with Crippen LogP contribution in [0.4, 0.5) is 0 Å². The Bertz CT molecular complexity index is 985. The van der Waals surface area contributed by atoms with Crippen molar-refractivity contribution in [3.8, 4) is 17.2 Å². The molecular weight excluding hydrogens is 370 g/mol. The lowest BCUT2D eigenvalue weighted by Crippen LogP contribution is -2.38. The third-order valence-electron chi connectivity index (χ3n) is 3.89. The van der Waals surface area contributed by atoms with E-state index in [4.69, 9.17) is 19.6 Å². The van der Waals surface area contributed by atoms with Crippen molar-refractivity contribution in [3.05, 3.63) is 65.0 Å². The molecule has 0 aliphatic rings. The normalized spacial score (nSPS) is 11.7. The lowest BCUT2D eigenvalue weighted by atomic mass is 10.1. The zero-order valence-electron chi connectivity index (χ0n) is 14.9. The van der Waals surface area contributed by atoms with E-state index in [9.17, 15) is 9.59 Å². The summed E-state index contributed by atoms with van der Waals surface area (Å²) in [5.41, 5.74) is 5.75. The van der Waals surface area contributed by atoms with Gasteiger partial charge in [-0.3, -0.25) is 4.79 Å². The molecule has 2 aromatic carbocycles. The van der Waals surface area contributed by atoms with Crippen LogP contribution in [-0.2, 0) is 4.79 Å². The first-order chi connectivity index (χ1) is 12.5. The summed E-state index contributed by atoms with van der Waals surface area (Å²) in [6.07, 6.45) is 1.24. The van der Waals surface area contributed by atoms with Gasteiger partial charge in [0.05, 0.1) is 5.39 Å². The van der Waals surface area contributed by atoms with E-state index in [1.54, 1.807) is 24.3 Å². The number of benzene rings is 2. The third-order valence-corrected chi connectivity index (χ3v) is 3.89. The lowest BCUT2D eigenvalue weighted by molar-refractivity contribution is -0.136. The number of hydrogen-bond acceptors (Lipinski definition) is 6. The number of esters is 1. The Morgan fingerprint density at radius 3 is 2.44 bits per heavy atom. The molecule has 1 atom stereocenters. The maximum atomic E-state index is 12.6. The van der Waals surface area contributed by atoms with Gasteiger partial charge in [-0.05, 0) is 30.2 Å². The molecule has 0 aliphatic carbocycles. The Labute approximate surface area is 162 Å². The number of para-hydroxylation sites is 1. The largest absolute Gasteiger partial charge is 0.460 e. The molecule has 0 spiro atoms. The first kappa shape index (κ1) is 20.5. The van der Waals surface area contributed by atoms with Gasteiger partial charge in [0.25, 0.3) is 0 Å². The van der Waals surface area contributed by atoms with Crippen molar-refractivity contribution in [1.82, 2.24) is 0 Å². The molecule has 3 rings (SSSR count). The van der Waals surface area contributed by atoms with E-state index in [1.807, 2.05) is 19.9 Å². The smallest absolute Gasteiger partial charge is 0.328 e. The van der Waals surface area contributed by atoms with E-state index < -0.39 is 12.0 Å². The zero-order chi connectivity index (χ0) is 18.7. The summed E-state index contributed by atoms with van der Waals surface area (Å²) in [4.78, 5) is 24.5. The Balaban J connectivity index is 0.00000261. The fourth-order valence-electron chi connectivity index (χ4n) is 2.30. The van der Waals surface area contributed by atoms with E-state index in [0.29, 0.717) is 16.7 Å². The maximum absolute atomic E-state index is 12.6. The van der Waals surface area contributed by atoms with Crippen molar-refractivity contribution in [2.24, 2.45) is 11.7 Å². The van der Waals surface area contributed by atoms with Gasteiger partial charge in [0.2, 0.25) is 11.2 Å². The zero-order valence-corrected chi connectivity index (χ0v) is 15.7. The molecule has 7 heteroatoms. The number of nitrogens with two attached hydrogens (primary N) is 1. The van der Waals surface area contributed by atoms with E-state index in [2.05, 4.69) is 0 Å². The van der Waals surface area contributed by atoms with Gasteiger partial charge >= 0.3 is 5.97 Å². The SMILES string of the molecule is CC(C)[C@@H](N)C(=O)Oc1ccc2c(=O)c(Oc3ccccc3)coc2c1.Cl. The molecule has 3 aromatic rings. The molecular formula is C20H20ClNO5. The average molecular weight is 390 g/mol. The molecule has 1 aromatic heterocycles. The molecule has 0 amide bonds. The van der Waals surface area contributed by atoms with Crippen molar-refractivity contribution in [2.75, 3.05) is 0 Å². The Morgan fingerprint density at radius 1 is 1.07 bits per heavy atom. The quantitative estimate of drug-likeness (QED) is 0.525. The van der Waals surface area contributed by atoms with E-state index >= 15 is 0 Å². The van der Waals surface area contributed by atoms with E-state index in [-0.39, 0.29) is 35.3 Å². The molecule has 142 valence electrons. The molecule has 2 N–H and O–H groups in total. The van der Waals surface area contributed by atoms with Crippen molar-refractivity contribution in [2.45, 2.75) is 19.9 Å². The number of carbonyl (C=O) groups is 1. The molecule has 27 heavy (non-hydrogen) atoms. The number of hydrogen-bond donors (Lipinski definition) is 1. The summed E-state index contributed by atoms with van der Waals surface area (Å²) in [6, 6.07) is 12.8. The molecule has 0 saturated heterocycles. The van der Waals surface area contributed by atoms with Crippen molar-refractivity contribution in [3.63, 3.8) is 0 Å². The summed E-state index contributed by atoms with van der Waals surface area (Å²) < 4.78 is 16.3. The van der Waals surface area contributed by atoms with Crippen molar-refractivity contribution < 1.29 is 18.7 Å². The van der Waals surface area contributed by atoms with Crippen LogP contribution in [0.15, 0.2) is 64.0 Å². The molecule has 1 heterocycles. The van der Waals surface area contributed by atoms with Gasteiger partial charge in [0.1, 0.15) is 29.4 Å². The summed E-state index contributed by atoms with van der Waals surface area (Å²) in [5.74, 6) is 0.297. The van der Waals surface area contributed by atoms with Crippen LogP contribution in [0.5, 0.6) is 17.2 Å². The minimum absolute atomic E-state index is 0. The van der Waals surface area contributed by atoms with Crippen LogP contribution in [0.1, 0.15) is 13.8 Å². The van der Waals surface area contributed by atoms with Crippen LogP contribution in [0, 0.1) is 5.92 Å². The van der Waals surface area contributed by atoms with E-state index in [0.717, 1.165) is 0 Å². The first-order valence-corrected chi connectivity index (χ1v) is 8.21. The third kappa shape index (κ3) is 4.67. The topological polar surface area (TPSA) is 91.8 Å². The highest BCUT2D eigenvalue weighted by Gasteiger charge is 2.20. The fourth-order valence-corrected chi connectivity index (χ4v) is 2.30. The van der Waals surface area contributed by atoms with Gasteiger partial charge in [0.15, 0.2) is 0 Å². The first-order valence-electron chi connectivity index (χ1n) is 8.21. The monoisotopic (exact) mass is 389 g/mol. The fraction of sp³-hybridized carbons (Fsp3) is 0.200. The minimum atomic E-state index is -0.723. The standard InChI is InChI=1S/C20H19NO5.ClH/c1-12(2)18(21)20(23)26-14-8-9-15-16(10-14)24-11-17(19(15)22)25-13-6-4-3-5-7-13;/h3-12,18H,21H2,1-2H3;1H/t18-;/m1./s1. The molecule has 0 aliphatic heterocycles. The minimum Gasteiger partial charge on any atom is -0.460 e. The number of ether oxygens (including phenoxy) is 2. The van der Waals surface area contributed by atoms with E-state index in [1.165, 1.54) is 24.5 Å². The van der Waals surface area contributed by atoms with Crippen LogP contribution >= 0.6 is 12.4 Å². The van der Waals surface area contributed by atoms with Crippen molar-refractivity contribution >= 4 is 29.3 Å². The lowest BCUT2D eigenvalue weighted by Gasteiger charge is -2.14. The van der Waals surface area contributed by atoms with Crippen LogP contribution in [-0.4, -0.2) is 12.0 Å². The van der Waals surface area contributed by atoms with Gasteiger partial charge in [-0.1, -0.05) is 32.0 Å².